The van der Waals surface area contributed by atoms with Crippen molar-refractivity contribution in [3.8, 4) is 22.5 Å². The summed E-state index contributed by atoms with van der Waals surface area (Å²) in [5.41, 5.74) is 4.09. The number of H-pyrrole nitrogens is 1. The standard InChI is InChI=1S/C26H27N7O2/c1-5-6-11-20-21(23(34)33-25(32(20)4)27-24(35)26(33,2)3)17-14-12-16(13-15-17)18-9-7-8-10-19(18)22-28-30-31-29-22/h7-10,12-15H,5-6,11H2,1-4H3,(H,28,29,30,31). The van der Waals surface area contributed by atoms with Crippen molar-refractivity contribution in [2.45, 2.75) is 45.6 Å². The minimum atomic E-state index is -1.02. The molecule has 1 aromatic heterocycles. The van der Waals surface area contributed by atoms with Crippen molar-refractivity contribution >= 4 is 23.3 Å². The number of amides is 2. The van der Waals surface area contributed by atoms with Crippen LogP contribution < -0.4 is 0 Å². The van der Waals surface area contributed by atoms with Crippen molar-refractivity contribution < 1.29 is 9.59 Å². The first kappa shape index (κ1) is 22.6. The van der Waals surface area contributed by atoms with Gasteiger partial charge in [-0.05, 0) is 48.6 Å². The molecule has 0 fully saturated rings. The van der Waals surface area contributed by atoms with Gasteiger partial charge in [0.05, 0.1) is 5.57 Å². The number of aliphatic imine (C=N–C) groups is 1. The Morgan fingerprint density at radius 3 is 2.31 bits per heavy atom. The SMILES string of the molecule is CCCCC1=C(c2ccc(-c3ccccc3-c3nn[nH]n3)cc2)C(=O)N2C(=NC(=O)C2(C)C)N1C. The van der Waals surface area contributed by atoms with Crippen LogP contribution in [0.2, 0.25) is 0 Å². The van der Waals surface area contributed by atoms with Gasteiger partial charge < -0.3 is 4.90 Å². The van der Waals surface area contributed by atoms with Crippen LogP contribution in [0.1, 0.15) is 45.6 Å². The Labute approximate surface area is 203 Å². The zero-order chi connectivity index (χ0) is 24.7. The van der Waals surface area contributed by atoms with Gasteiger partial charge in [-0.25, -0.2) is 0 Å². The van der Waals surface area contributed by atoms with Gasteiger partial charge in [-0.1, -0.05) is 61.9 Å². The number of tetrazole rings is 1. The van der Waals surface area contributed by atoms with Crippen LogP contribution in [0.5, 0.6) is 0 Å². The van der Waals surface area contributed by atoms with Crippen LogP contribution in [0.25, 0.3) is 28.1 Å². The molecule has 35 heavy (non-hydrogen) atoms. The molecular weight excluding hydrogens is 442 g/mol. The Hall–Kier alpha value is -4.14. The number of hydrogen-bond acceptors (Lipinski definition) is 6. The highest BCUT2D eigenvalue weighted by molar-refractivity contribution is 6.31. The third kappa shape index (κ3) is 3.63. The summed E-state index contributed by atoms with van der Waals surface area (Å²) in [6, 6.07) is 15.8. The van der Waals surface area contributed by atoms with E-state index >= 15 is 0 Å². The molecule has 0 unspecified atom stereocenters. The summed E-state index contributed by atoms with van der Waals surface area (Å²) in [4.78, 5) is 34.1. The fourth-order valence-electron chi connectivity index (χ4n) is 4.67. The maximum atomic E-state index is 13.8. The molecule has 5 rings (SSSR count). The average Bonchev–Trinajstić information content (AvgIpc) is 3.47. The summed E-state index contributed by atoms with van der Waals surface area (Å²) in [6.07, 6.45) is 2.64. The third-order valence-electron chi connectivity index (χ3n) is 6.66. The zero-order valence-corrected chi connectivity index (χ0v) is 20.2. The van der Waals surface area contributed by atoms with Crippen molar-refractivity contribution in [2.75, 3.05) is 7.05 Å². The molecule has 2 aliphatic heterocycles. The van der Waals surface area contributed by atoms with Crippen molar-refractivity contribution in [2.24, 2.45) is 4.99 Å². The number of allylic oxidation sites excluding steroid dienone is 1. The molecule has 1 N–H and O–H groups in total. The van der Waals surface area contributed by atoms with Gasteiger partial charge in [0.25, 0.3) is 11.8 Å². The van der Waals surface area contributed by atoms with E-state index in [0.717, 1.165) is 47.2 Å². The van der Waals surface area contributed by atoms with E-state index in [9.17, 15) is 9.59 Å². The van der Waals surface area contributed by atoms with Crippen LogP contribution in [0.15, 0.2) is 59.2 Å². The molecule has 9 nitrogen and oxygen atoms in total. The van der Waals surface area contributed by atoms with Crippen LogP contribution in [0, 0.1) is 0 Å². The Bertz CT molecular complexity index is 1350. The highest BCUT2D eigenvalue weighted by Gasteiger charge is 2.51. The fourth-order valence-corrected chi connectivity index (χ4v) is 4.67. The monoisotopic (exact) mass is 469 g/mol. The smallest absolute Gasteiger partial charge is 0.274 e. The number of carbonyl (C=O) groups is 2. The first-order valence-electron chi connectivity index (χ1n) is 11.7. The van der Waals surface area contributed by atoms with Gasteiger partial charge in [0.1, 0.15) is 5.54 Å². The number of carbonyl (C=O) groups excluding carboxylic acids is 2. The highest BCUT2D eigenvalue weighted by Crippen LogP contribution is 2.39. The van der Waals surface area contributed by atoms with Gasteiger partial charge in [0.15, 0.2) is 0 Å². The fraction of sp³-hybridized carbons (Fsp3) is 0.308. The highest BCUT2D eigenvalue weighted by atomic mass is 16.2. The maximum Gasteiger partial charge on any atom is 0.274 e. The largest absolute Gasteiger partial charge is 0.318 e. The predicted molar refractivity (Wildman–Crippen MR) is 133 cm³/mol. The number of nitrogens with one attached hydrogen (secondary N) is 1. The summed E-state index contributed by atoms with van der Waals surface area (Å²) < 4.78 is 0. The Morgan fingerprint density at radius 2 is 1.66 bits per heavy atom. The minimum absolute atomic E-state index is 0.191. The molecule has 0 atom stereocenters. The first-order chi connectivity index (χ1) is 16.8. The van der Waals surface area contributed by atoms with Gasteiger partial charge in [-0.15, -0.1) is 10.2 Å². The number of unbranched alkanes of at least 4 members (excludes halogenated alkanes) is 1. The molecule has 2 amide bonds. The van der Waals surface area contributed by atoms with Crippen molar-refractivity contribution in [1.82, 2.24) is 30.4 Å². The number of nitrogens with zero attached hydrogens (tertiary/aromatic N) is 6. The molecule has 0 saturated heterocycles. The molecule has 2 aromatic carbocycles. The average molecular weight is 470 g/mol. The summed E-state index contributed by atoms with van der Waals surface area (Å²) >= 11 is 0. The number of rotatable bonds is 6. The van der Waals surface area contributed by atoms with E-state index in [2.05, 4.69) is 32.5 Å². The van der Waals surface area contributed by atoms with Gasteiger partial charge in [0.2, 0.25) is 11.8 Å². The molecule has 0 bridgehead atoms. The van der Waals surface area contributed by atoms with Gasteiger partial charge >= 0.3 is 0 Å². The van der Waals surface area contributed by atoms with Crippen LogP contribution >= 0.6 is 0 Å². The lowest BCUT2D eigenvalue weighted by molar-refractivity contribution is -0.133. The van der Waals surface area contributed by atoms with E-state index in [-0.39, 0.29) is 11.8 Å². The first-order valence-corrected chi connectivity index (χ1v) is 11.7. The topological polar surface area (TPSA) is 107 Å². The molecule has 3 heterocycles. The van der Waals surface area contributed by atoms with Crippen LogP contribution in [-0.4, -0.2) is 60.8 Å². The van der Waals surface area contributed by atoms with Crippen molar-refractivity contribution in [3.05, 3.63) is 59.8 Å². The van der Waals surface area contributed by atoms with Gasteiger partial charge in [-0.2, -0.15) is 10.2 Å². The summed E-state index contributed by atoms with van der Waals surface area (Å²) in [6.45, 7) is 5.60. The summed E-state index contributed by atoms with van der Waals surface area (Å²) in [5, 5.41) is 14.4. The Balaban J connectivity index is 1.58. The van der Waals surface area contributed by atoms with Crippen LogP contribution in [-0.2, 0) is 9.59 Å². The van der Waals surface area contributed by atoms with Gasteiger partial charge in [-0.3, -0.25) is 14.5 Å². The van der Waals surface area contributed by atoms with E-state index in [0.29, 0.717) is 17.4 Å². The van der Waals surface area contributed by atoms with Crippen molar-refractivity contribution in [1.29, 1.82) is 0 Å². The van der Waals surface area contributed by atoms with Crippen molar-refractivity contribution in [3.63, 3.8) is 0 Å². The zero-order valence-electron chi connectivity index (χ0n) is 20.2. The van der Waals surface area contributed by atoms with Crippen LogP contribution in [0.4, 0.5) is 0 Å². The third-order valence-corrected chi connectivity index (χ3v) is 6.66. The lowest BCUT2D eigenvalue weighted by atomic mass is 9.92. The number of fused-ring (bicyclic) bond motifs is 1. The van der Waals surface area contributed by atoms with E-state index in [1.54, 1.807) is 13.8 Å². The normalized spacial score (nSPS) is 17.2. The van der Waals surface area contributed by atoms with Crippen LogP contribution in [0.3, 0.4) is 0 Å². The molecule has 3 aromatic rings. The van der Waals surface area contributed by atoms with E-state index < -0.39 is 5.54 Å². The quantitative estimate of drug-likeness (QED) is 0.587. The van der Waals surface area contributed by atoms with E-state index in [1.807, 2.05) is 60.5 Å². The molecule has 0 spiro atoms. The van der Waals surface area contributed by atoms with E-state index in [1.165, 1.54) is 4.90 Å². The molecule has 0 saturated carbocycles. The predicted octanol–water partition coefficient (Wildman–Crippen LogP) is 3.88. The Kier molecular flexibility index (Phi) is 5.55. The Morgan fingerprint density at radius 1 is 0.971 bits per heavy atom. The lowest BCUT2D eigenvalue weighted by Gasteiger charge is -2.40. The second-order valence-electron chi connectivity index (χ2n) is 9.26. The second-order valence-corrected chi connectivity index (χ2v) is 9.26. The summed E-state index contributed by atoms with van der Waals surface area (Å²) in [5.74, 6) is 0.428. The molecule has 0 radical (unpaired) electrons. The number of hydrogen-bond donors (Lipinski definition) is 1. The number of aromatic nitrogens is 4. The molecule has 0 aliphatic carbocycles. The maximum absolute atomic E-state index is 13.8. The number of guanidine groups is 1. The summed E-state index contributed by atoms with van der Waals surface area (Å²) in [7, 11) is 1.88. The molecule has 178 valence electrons. The number of aromatic amines is 1. The molecule has 2 aliphatic rings. The molecule has 9 heteroatoms. The van der Waals surface area contributed by atoms with E-state index in [4.69, 9.17) is 0 Å². The number of benzene rings is 2. The second kappa shape index (κ2) is 8.57. The lowest BCUT2D eigenvalue weighted by Crippen LogP contribution is -2.56. The minimum Gasteiger partial charge on any atom is -0.318 e. The molecular formula is C26H27N7O2. The van der Waals surface area contributed by atoms with Gasteiger partial charge in [0, 0.05) is 18.3 Å².